The molecule has 10 nitrogen and oxygen atoms in total. The van der Waals surface area contributed by atoms with E-state index in [1.807, 2.05) is 11.9 Å². The van der Waals surface area contributed by atoms with E-state index in [4.69, 9.17) is 15.2 Å². The third-order valence-corrected chi connectivity index (χ3v) is 6.33. The Labute approximate surface area is 168 Å². The molecule has 1 aliphatic carbocycles. The second-order valence-corrected chi connectivity index (χ2v) is 8.03. The summed E-state index contributed by atoms with van der Waals surface area (Å²) in [6.07, 6.45) is 0.542. The number of rotatable bonds is 5. The minimum Gasteiger partial charge on any atom is -0.449 e. The Morgan fingerprint density at radius 3 is 2.66 bits per heavy atom. The Morgan fingerprint density at radius 1 is 1.38 bits per heavy atom. The lowest BCUT2D eigenvalue weighted by molar-refractivity contribution is -0.144. The van der Waals surface area contributed by atoms with Crippen LogP contribution < -0.4 is 5.73 Å². The maximum Gasteiger partial charge on any atom is 0.404 e. The Hall–Kier alpha value is -2.72. The van der Waals surface area contributed by atoms with Crippen molar-refractivity contribution >= 4 is 24.0 Å². The molecule has 0 bridgehead atoms. The summed E-state index contributed by atoms with van der Waals surface area (Å²) in [6.45, 7) is 2.01. The molecule has 3 aliphatic heterocycles. The topological polar surface area (TPSA) is 118 Å². The Morgan fingerprint density at radius 2 is 2.07 bits per heavy atom. The number of likely N-dealkylation sites (N-methyl/N-ethyl adjacent to an activating group) is 1. The van der Waals surface area contributed by atoms with E-state index in [0.29, 0.717) is 17.8 Å². The molecule has 0 spiro atoms. The molecular weight excluding hydrogens is 378 g/mol. The smallest absolute Gasteiger partial charge is 0.404 e. The van der Waals surface area contributed by atoms with Gasteiger partial charge in [-0.05, 0) is 14.0 Å². The number of methoxy groups -OCH3 is 1. The first-order valence-electron chi connectivity index (χ1n) is 9.38. The largest absolute Gasteiger partial charge is 0.449 e. The molecule has 29 heavy (non-hydrogen) atoms. The van der Waals surface area contributed by atoms with Gasteiger partial charge in [0, 0.05) is 44.9 Å². The zero-order valence-corrected chi connectivity index (χ0v) is 17.1. The monoisotopic (exact) mass is 403 g/mol. The number of ketones is 2. The summed E-state index contributed by atoms with van der Waals surface area (Å²) in [7, 11) is 7.07. The average Bonchev–Trinajstić information content (AvgIpc) is 3.04. The number of nitrogens with zero attached hydrogens (tertiary/aromatic N) is 4. The predicted molar refractivity (Wildman–Crippen MR) is 103 cm³/mol. The van der Waals surface area contributed by atoms with E-state index in [0.717, 1.165) is 0 Å². The first-order valence-corrected chi connectivity index (χ1v) is 9.38. The number of nitrogens with two attached hydrogens (primary N) is 1. The highest BCUT2D eigenvalue weighted by Gasteiger charge is 2.75. The molecule has 2 N–H and O–H groups in total. The Balaban J connectivity index is 1.82. The molecule has 10 heteroatoms. The maximum atomic E-state index is 13.5. The van der Waals surface area contributed by atoms with Gasteiger partial charge >= 0.3 is 6.09 Å². The van der Waals surface area contributed by atoms with E-state index >= 15 is 0 Å². The number of carbonyl (C=O) groups excluding carboxylic acids is 3. The number of aliphatic imine (C=N–C) groups is 1. The van der Waals surface area contributed by atoms with E-state index in [9.17, 15) is 14.4 Å². The fourth-order valence-corrected chi connectivity index (χ4v) is 5.03. The van der Waals surface area contributed by atoms with E-state index in [1.54, 1.807) is 33.0 Å². The summed E-state index contributed by atoms with van der Waals surface area (Å²) >= 11 is 0. The number of hydrogen-bond donors (Lipinski definition) is 1. The zero-order valence-electron chi connectivity index (χ0n) is 17.1. The van der Waals surface area contributed by atoms with Crippen molar-refractivity contribution in [2.24, 2.45) is 16.6 Å². The fraction of sp³-hybridized carbons (Fsp3) is 0.579. The molecule has 156 valence electrons. The first-order chi connectivity index (χ1) is 13.7. The number of primary amides is 1. The summed E-state index contributed by atoms with van der Waals surface area (Å²) in [4.78, 5) is 48.0. The maximum absolute atomic E-state index is 13.5. The zero-order chi connectivity index (χ0) is 21.2. The van der Waals surface area contributed by atoms with E-state index in [2.05, 4.69) is 9.89 Å². The molecule has 0 saturated carbocycles. The van der Waals surface area contributed by atoms with Crippen LogP contribution in [0.1, 0.15) is 6.92 Å². The lowest BCUT2D eigenvalue weighted by atomic mass is 9.82. The summed E-state index contributed by atoms with van der Waals surface area (Å²) in [5.41, 5.74) is 5.23. The van der Waals surface area contributed by atoms with Gasteiger partial charge in [0.15, 0.2) is 5.72 Å². The van der Waals surface area contributed by atoms with E-state index < -0.39 is 17.7 Å². The minimum absolute atomic E-state index is 0.0193. The van der Waals surface area contributed by atoms with Crippen molar-refractivity contribution in [3.63, 3.8) is 0 Å². The van der Waals surface area contributed by atoms with Crippen molar-refractivity contribution < 1.29 is 23.9 Å². The molecule has 0 aromatic carbocycles. The van der Waals surface area contributed by atoms with Crippen LogP contribution in [0.2, 0.25) is 0 Å². The number of carbonyl (C=O) groups is 3. The van der Waals surface area contributed by atoms with Crippen molar-refractivity contribution in [3.05, 3.63) is 22.5 Å². The highest BCUT2D eigenvalue weighted by atomic mass is 16.6. The summed E-state index contributed by atoms with van der Waals surface area (Å²) in [5, 5.41) is 0. The Kier molecular flexibility index (Phi) is 4.32. The van der Waals surface area contributed by atoms with Crippen LogP contribution in [0.3, 0.4) is 0 Å². The van der Waals surface area contributed by atoms with Crippen LogP contribution in [0.15, 0.2) is 27.5 Å². The van der Waals surface area contributed by atoms with Crippen LogP contribution in [0.25, 0.3) is 0 Å². The van der Waals surface area contributed by atoms with E-state index in [1.165, 1.54) is 6.34 Å². The summed E-state index contributed by atoms with van der Waals surface area (Å²) < 4.78 is 11.1. The van der Waals surface area contributed by atoms with Crippen LogP contribution in [-0.4, -0.2) is 97.9 Å². The molecule has 4 aliphatic rings. The molecule has 2 fully saturated rings. The van der Waals surface area contributed by atoms with Crippen molar-refractivity contribution in [1.29, 1.82) is 0 Å². The predicted octanol–water partition coefficient (Wildman–Crippen LogP) is -0.678. The quantitative estimate of drug-likeness (QED) is 0.278. The number of amides is 1. The van der Waals surface area contributed by atoms with Gasteiger partial charge in [-0.3, -0.25) is 14.5 Å². The molecule has 1 amide bonds. The highest BCUT2D eigenvalue weighted by molar-refractivity contribution is 6.25. The molecule has 4 rings (SSSR count). The number of ether oxygens (including phenoxy) is 2. The number of piperazine rings is 1. The third-order valence-electron chi connectivity index (χ3n) is 6.33. The second kappa shape index (κ2) is 6.39. The van der Waals surface area contributed by atoms with Crippen LogP contribution in [-0.2, 0) is 19.1 Å². The van der Waals surface area contributed by atoms with Gasteiger partial charge in [0.1, 0.15) is 12.3 Å². The minimum atomic E-state index is -0.966. The van der Waals surface area contributed by atoms with Gasteiger partial charge in [-0.1, -0.05) is 0 Å². The highest BCUT2D eigenvalue weighted by Crippen LogP contribution is 2.59. The summed E-state index contributed by atoms with van der Waals surface area (Å²) in [6, 6.07) is 0.189. The van der Waals surface area contributed by atoms with Gasteiger partial charge in [0.25, 0.3) is 0 Å². The van der Waals surface area contributed by atoms with Gasteiger partial charge < -0.3 is 25.0 Å². The van der Waals surface area contributed by atoms with Crippen LogP contribution in [0, 0.1) is 5.92 Å². The summed E-state index contributed by atoms with van der Waals surface area (Å²) in [5.74, 6) is -1.25. The van der Waals surface area contributed by atoms with E-state index in [-0.39, 0.29) is 41.5 Å². The van der Waals surface area contributed by atoms with Gasteiger partial charge in [0.2, 0.25) is 11.6 Å². The average molecular weight is 403 g/mol. The van der Waals surface area contributed by atoms with Gasteiger partial charge in [-0.15, -0.1) is 0 Å². The third kappa shape index (κ3) is 2.48. The number of allylic oxidation sites excluding steroid dienone is 2. The molecule has 0 radical (unpaired) electrons. The lowest BCUT2D eigenvalue weighted by Gasteiger charge is -2.40. The number of fused-ring (bicyclic) bond motifs is 4. The van der Waals surface area contributed by atoms with Crippen molar-refractivity contribution in [1.82, 2.24) is 14.7 Å². The molecule has 3 heterocycles. The first kappa shape index (κ1) is 19.6. The van der Waals surface area contributed by atoms with Gasteiger partial charge in [0.05, 0.1) is 24.0 Å². The van der Waals surface area contributed by atoms with Crippen LogP contribution in [0.5, 0.6) is 0 Å². The molecule has 0 aromatic heterocycles. The van der Waals surface area contributed by atoms with Crippen LogP contribution >= 0.6 is 0 Å². The number of hydrogen-bond acceptors (Lipinski definition) is 8. The van der Waals surface area contributed by atoms with Crippen molar-refractivity contribution in [2.75, 3.05) is 41.4 Å². The fourth-order valence-electron chi connectivity index (χ4n) is 5.03. The molecule has 5 atom stereocenters. The molecule has 2 saturated heterocycles. The van der Waals surface area contributed by atoms with Crippen molar-refractivity contribution in [2.45, 2.75) is 24.7 Å². The van der Waals surface area contributed by atoms with Crippen molar-refractivity contribution in [3.8, 4) is 0 Å². The second-order valence-electron chi connectivity index (χ2n) is 8.03. The Bertz CT molecular complexity index is 907. The van der Waals surface area contributed by atoms with Gasteiger partial charge in [-0.25, -0.2) is 9.79 Å². The van der Waals surface area contributed by atoms with Crippen LogP contribution in [0.4, 0.5) is 4.79 Å². The SMILES string of the molecule is COC12C(COC(N)=O)C3=C(C(=O)C(C)=C(N=CN(C)C)C3=O)N1CC1C2N1C. The molecule has 0 aromatic rings. The molecular formula is C19H25N5O5. The molecule has 5 unspecified atom stereocenters. The number of Topliss-reactive ketones (excluding diaryl/α,β-unsaturated/α-hetero) is 2. The lowest BCUT2D eigenvalue weighted by Crippen LogP contribution is -2.55. The van der Waals surface area contributed by atoms with Gasteiger partial charge in [-0.2, -0.15) is 0 Å². The standard InChI is InChI=1S/C19H25N5O5/c1-9-13(21-8-22(2)3)16(26)12-10(7-29-18(20)27)19(28-5)17-11(23(17)4)6-24(19)14(12)15(9)25/h8,10-11,17H,6-7H2,1-5H3,(H2,20,27). The normalized spacial score (nSPS) is 35.3.